The van der Waals surface area contributed by atoms with E-state index in [0.717, 1.165) is 5.56 Å². The van der Waals surface area contributed by atoms with Gasteiger partial charge in [-0.2, -0.15) is 0 Å². The summed E-state index contributed by atoms with van der Waals surface area (Å²) in [5, 5.41) is 20.5. The van der Waals surface area contributed by atoms with Gasteiger partial charge in [-0.25, -0.2) is 4.39 Å². The first-order valence-corrected chi connectivity index (χ1v) is 4.42. The molecule has 1 rings (SSSR count). The summed E-state index contributed by atoms with van der Waals surface area (Å²) in [6.07, 6.45) is -0.822. The van der Waals surface area contributed by atoms with Crippen LogP contribution in [0.4, 0.5) is 10.1 Å². The maximum atomic E-state index is 12.8. The van der Waals surface area contributed by atoms with E-state index in [1.54, 1.807) is 6.07 Å². The highest BCUT2D eigenvalue weighted by atomic mass is 19.1. The van der Waals surface area contributed by atoms with Gasteiger partial charge in [0.2, 0.25) is 0 Å². The van der Waals surface area contributed by atoms with E-state index in [1.807, 2.05) is 6.92 Å². The largest absolute Gasteiger partial charge is 0.394 e. The Balaban J connectivity index is 2.62. The molecule has 0 amide bonds. The first kappa shape index (κ1) is 10.9. The van der Waals surface area contributed by atoms with Gasteiger partial charge in [-0.05, 0) is 24.6 Å². The van der Waals surface area contributed by atoms with Crippen molar-refractivity contribution in [1.82, 2.24) is 0 Å². The van der Waals surface area contributed by atoms with Gasteiger partial charge in [-0.15, -0.1) is 0 Å². The Morgan fingerprint density at radius 1 is 1.50 bits per heavy atom. The van der Waals surface area contributed by atoms with Crippen LogP contribution in [-0.2, 0) is 0 Å². The molecule has 4 heteroatoms. The van der Waals surface area contributed by atoms with E-state index in [-0.39, 0.29) is 19.0 Å². The minimum Gasteiger partial charge on any atom is -0.394 e. The van der Waals surface area contributed by atoms with E-state index in [0.29, 0.717) is 5.69 Å². The Hall–Kier alpha value is -1.13. The summed E-state index contributed by atoms with van der Waals surface area (Å²) in [4.78, 5) is 0. The third-order valence-corrected chi connectivity index (χ3v) is 1.94. The van der Waals surface area contributed by atoms with E-state index < -0.39 is 6.10 Å². The summed E-state index contributed by atoms with van der Waals surface area (Å²) in [5.41, 5.74) is 1.54. The first-order valence-electron chi connectivity index (χ1n) is 4.42. The normalized spacial score (nSPS) is 12.6. The fraction of sp³-hybridized carbons (Fsp3) is 0.400. The molecule has 0 aliphatic heterocycles. The molecule has 3 nitrogen and oxygen atoms in total. The van der Waals surface area contributed by atoms with E-state index in [4.69, 9.17) is 10.2 Å². The summed E-state index contributed by atoms with van der Waals surface area (Å²) in [7, 11) is 0. The van der Waals surface area contributed by atoms with E-state index >= 15 is 0 Å². The van der Waals surface area contributed by atoms with Crippen LogP contribution in [0.25, 0.3) is 0 Å². The number of rotatable bonds is 4. The summed E-state index contributed by atoms with van der Waals surface area (Å²) < 4.78 is 12.8. The van der Waals surface area contributed by atoms with E-state index in [9.17, 15) is 4.39 Å². The Morgan fingerprint density at radius 2 is 2.21 bits per heavy atom. The molecular formula is C10H14FNO2. The Bertz CT molecular complexity index is 304. The average molecular weight is 199 g/mol. The van der Waals surface area contributed by atoms with Crippen LogP contribution in [0.15, 0.2) is 18.2 Å². The second-order valence-corrected chi connectivity index (χ2v) is 3.18. The van der Waals surface area contributed by atoms with Crippen LogP contribution >= 0.6 is 0 Å². The standard InChI is InChI=1S/C10H14FNO2/c1-7-2-3-8(11)4-10(7)12-5-9(14)6-13/h2-4,9,12-14H,5-6H2,1H3. The molecule has 1 atom stereocenters. The molecule has 0 spiro atoms. The van der Waals surface area contributed by atoms with Gasteiger partial charge in [0.15, 0.2) is 0 Å². The molecule has 0 heterocycles. The third kappa shape index (κ3) is 2.97. The minimum absolute atomic E-state index is 0.209. The van der Waals surface area contributed by atoms with Crippen molar-refractivity contribution in [3.8, 4) is 0 Å². The zero-order valence-electron chi connectivity index (χ0n) is 8.00. The maximum Gasteiger partial charge on any atom is 0.125 e. The Kier molecular flexibility index (Phi) is 3.85. The molecule has 0 fully saturated rings. The Labute approximate surface area is 82.2 Å². The molecule has 78 valence electrons. The van der Waals surface area contributed by atoms with Crippen LogP contribution in [0.1, 0.15) is 5.56 Å². The summed E-state index contributed by atoms with van der Waals surface area (Å²) >= 11 is 0. The molecule has 14 heavy (non-hydrogen) atoms. The number of benzene rings is 1. The quantitative estimate of drug-likeness (QED) is 0.675. The SMILES string of the molecule is Cc1ccc(F)cc1NCC(O)CO. The van der Waals surface area contributed by atoms with Gasteiger partial charge in [0, 0.05) is 12.2 Å². The Morgan fingerprint density at radius 3 is 2.86 bits per heavy atom. The number of aryl methyl sites for hydroxylation is 1. The number of aliphatic hydroxyl groups is 2. The molecule has 0 saturated carbocycles. The lowest BCUT2D eigenvalue weighted by Gasteiger charge is -2.12. The van der Waals surface area contributed by atoms with Crippen molar-refractivity contribution in [2.24, 2.45) is 0 Å². The van der Waals surface area contributed by atoms with Gasteiger partial charge in [-0.1, -0.05) is 6.07 Å². The fourth-order valence-corrected chi connectivity index (χ4v) is 1.08. The number of anilines is 1. The van der Waals surface area contributed by atoms with Gasteiger partial charge in [0.25, 0.3) is 0 Å². The van der Waals surface area contributed by atoms with Crippen LogP contribution < -0.4 is 5.32 Å². The monoisotopic (exact) mass is 199 g/mol. The van der Waals surface area contributed by atoms with Crippen LogP contribution in [0.5, 0.6) is 0 Å². The van der Waals surface area contributed by atoms with E-state index in [1.165, 1.54) is 12.1 Å². The molecular weight excluding hydrogens is 185 g/mol. The molecule has 0 radical (unpaired) electrons. The smallest absolute Gasteiger partial charge is 0.125 e. The second-order valence-electron chi connectivity index (χ2n) is 3.18. The lowest BCUT2D eigenvalue weighted by Crippen LogP contribution is -2.23. The molecule has 0 aliphatic rings. The number of halogens is 1. The zero-order chi connectivity index (χ0) is 10.6. The predicted molar refractivity (Wildman–Crippen MR) is 52.7 cm³/mol. The van der Waals surface area contributed by atoms with Crippen LogP contribution in [-0.4, -0.2) is 29.5 Å². The number of hydrogen-bond donors (Lipinski definition) is 3. The molecule has 3 N–H and O–H groups in total. The lowest BCUT2D eigenvalue weighted by atomic mass is 10.2. The van der Waals surface area contributed by atoms with Gasteiger partial charge in [0.1, 0.15) is 5.82 Å². The molecule has 1 aromatic carbocycles. The minimum atomic E-state index is -0.822. The number of aliphatic hydroxyl groups excluding tert-OH is 2. The van der Waals surface area contributed by atoms with Crippen molar-refractivity contribution in [3.05, 3.63) is 29.6 Å². The van der Waals surface area contributed by atoms with Crippen molar-refractivity contribution in [2.75, 3.05) is 18.5 Å². The second kappa shape index (κ2) is 4.93. The highest BCUT2D eigenvalue weighted by Gasteiger charge is 2.03. The third-order valence-electron chi connectivity index (χ3n) is 1.94. The molecule has 0 aliphatic carbocycles. The molecule has 0 saturated heterocycles. The summed E-state index contributed by atoms with van der Waals surface area (Å²) in [6, 6.07) is 4.39. The molecule has 1 unspecified atom stereocenters. The lowest BCUT2D eigenvalue weighted by molar-refractivity contribution is 0.105. The van der Waals surface area contributed by atoms with Gasteiger partial charge in [0.05, 0.1) is 12.7 Å². The van der Waals surface area contributed by atoms with E-state index in [2.05, 4.69) is 5.32 Å². The fourth-order valence-electron chi connectivity index (χ4n) is 1.08. The zero-order valence-corrected chi connectivity index (χ0v) is 8.00. The van der Waals surface area contributed by atoms with Crippen molar-refractivity contribution >= 4 is 5.69 Å². The maximum absolute atomic E-state index is 12.8. The van der Waals surface area contributed by atoms with Crippen LogP contribution in [0, 0.1) is 12.7 Å². The molecule has 0 aromatic heterocycles. The number of hydrogen-bond acceptors (Lipinski definition) is 3. The first-order chi connectivity index (χ1) is 6.63. The topological polar surface area (TPSA) is 52.5 Å². The van der Waals surface area contributed by atoms with Crippen molar-refractivity contribution < 1.29 is 14.6 Å². The predicted octanol–water partition coefficient (Wildman–Crippen LogP) is 0.899. The highest BCUT2D eigenvalue weighted by Crippen LogP contribution is 2.15. The van der Waals surface area contributed by atoms with Gasteiger partial charge >= 0.3 is 0 Å². The van der Waals surface area contributed by atoms with Crippen molar-refractivity contribution in [1.29, 1.82) is 0 Å². The van der Waals surface area contributed by atoms with Crippen LogP contribution in [0.3, 0.4) is 0 Å². The van der Waals surface area contributed by atoms with Crippen molar-refractivity contribution in [3.63, 3.8) is 0 Å². The number of nitrogens with one attached hydrogen (secondary N) is 1. The van der Waals surface area contributed by atoms with Crippen molar-refractivity contribution in [2.45, 2.75) is 13.0 Å². The highest BCUT2D eigenvalue weighted by molar-refractivity contribution is 5.50. The molecule has 1 aromatic rings. The molecule has 0 bridgehead atoms. The van der Waals surface area contributed by atoms with Gasteiger partial charge < -0.3 is 15.5 Å². The van der Waals surface area contributed by atoms with Crippen LogP contribution in [0.2, 0.25) is 0 Å². The average Bonchev–Trinajstić information content (AvgIpc) is 2.19. The van der Waals surface area contributed by atoms with Gasteiger partial charge in [-0.3, -0.25) is 0 Å². The summed E-state index contributed by atoms with van der Waals surface area (Å²) in [5.74, 6) is -0.323. The summed E-state index contributed by atoms with van der Waals surface area (Å²) in [6.45, 7) is 1.75.